The fourth-order valence-corrected chi connectivity index (χ4v) is 2.80. The van der Waals surface area contributed by atoms with Crippen LogP contribution in [-0.2, 0) is 0 Å². The van der Waals surface area contributed by atoms with E-state index < -0.39 is 0 Å². The van der Waals surface area contributed by atoms with Gasteiger partial charge in [-0.05, 0) is 12.1 Å². The van der Waals surface area contributed by atoms with Crippen molar-refractivity contribution in [3.05, 3.63) is 78.8 Å². The Bertz CT molecular complexity index is 1040. The Kier molecular flexibility index (Phi) is 3.74. The van der Waals surface area contributed by atoms with Gasteiger partial charge in [-0.3, -0.25) is 14.2 Å². The van der Waals surface area contributed by atoms with E-state index in [2.05, 4.69) is 15.3 Å². The number of imidazole rings is 1. The van der Waals surface area contributed by atoms with E-state index in [9.17, 15) is 4.79 Å². The molecule has 0 unspecified atom stereocenters. The minimum Gasteiger partial charge on any atom is -0.355 e. The summed E-state index contributed by atoms with van der Waals surface area (Å²) in [7, 11) is 1.62. The highest BCUT2D eigenvalue weighted by atomic mass is 16.1. The van der Waals surface area contributed by atoms with Gasteiger partial charge < -0.3 is 5.32 Å². The molecule has 4 aromatic rings. The number of fused-ring (bicyclic) bond motifs is 1. The van der Waals surface area contributed by atoms with Gasteiger partial charge in [0.15, 0.2) is 5.65 Å². The number of nitrogens with one attached hydrogen (secondary N) is 1. The zero-order valence-corrected chi connectivity index (χ0v) is 13.7. The maximum absolute atomic E-state index is 11.7. The molecular formula is C20H16N4O. The van der Waals surface area contributed by atoms with Crippen LogP contribution < -0.4 is 5.32 Å². The second-order valence-corrected chi connectivity index (χ2v) is 5.67. The van der Waals surface area contributed by atoms with Gasteiger partial charge in [-0.25, -0.2) is 4.98 Å². The van der Waals surface area contributed by atoms with Gasteiger partial charge in [0.1, 0.15) is 0 Å². The molecule has 0 saturated heterocycles. The van der Waals surface area contributed by atoms with Crippen LogP contribution in [0.25, 0.3) is 28.2 Å². The summed E-state index contributed by atoms with van der Waals surface area (Å²) in [5.41, 5.74) is 5.30. The zero-order valence-electron chi connectivity index (χ0n) is 13.7. The minimum atomic E-state index is -0.0970. The topological polar surface area (TPSA) is 59.3 Å². The van der Waals surface area contributed by atoms with E-state index >= 15 is 0 Å². The number of amides is 1. The van der Waals surface area contributed by atoms with Crippen molar-refractivity contribution >= 4 is 11.6 Å². The van der Waals surface area contributed by atoms with Crippen LogP contribution in [0.3, 0.4) is 0 Å². The summed E-state index contributed by atoms with van der Waals surface area (Å²) in [4.78, 5) is 20.6. The lowest BCUT2D eigenvalue weighted by molar-refractivity contribution is 0.0963. The number of aromatic nitrogens is 3. The van der Waals surface area contributed by atoms with Crippen molar-refractivity contribution in [1.82, 2.24) is 19.7 Å². The molecule has 5 nitrogen and oxygen atoms in total. The Morgan fingerprint density at radius 3 is 2.40 bits per heavy atom. The summed E-state index contributed by atoms with van der Waals surface area (Å²) in [5.74, 6) is -0.0970. The largest absolute Gasteiger partial charge is 0.355 e. The monoisotopic (exact) mass is 328 g/mol. The second-order valence-electron chi connectivity index (χ2n) is 5.67. The number of carbonyl (C=O) groups excluding carboxylic acids is 1. The number of hydrogen-bond acceptors (Lipinski definition) is 3. The average Bonchev–Trinajstić information content (AvgIpc) is 3.11. The Labute approximate surface area is 145 Å². The summed E-state index contributed by atoms with van der Waals surface area (Å²) in [6.45, 7) is 0. The number of hydrogen-bond donors (Lipinski definition) is 1. The predicted octanol–water partition coefficient (Wildman–Crippen LogP) is 3.42. The number of nitrogens with zero attached hydrogens (tertiary/aromatic N) is 3. The molecule has 0 radical (unpaired) electrons. The number of rotatable bonds is 3. The van der Waals surface area contributed by atoms with Crippen molar-refractivity contribution in [2.24, 2.45) is 0 Å². The molecular weight excluding hydrogens is 312 g/mol. The molecule has 0 aliphatic heterocycles. The van der Waals surface area contributed by atoms with E-state index in [1.807, 2.05) is 71.4 Å². The fraction of sp³-hybridized carbons (Fsp3) is 0.0500. The third-order valence-electron chi connectivity index (χ3n) is 4.14. The van der Waals surface area contributed by atoms with Gasteiger partial charge in [0.05, 0.1) is 23.8 Å². The molecule has 0 aliphatic rings. The van der Waals surface area contributed by atoms with Gasteiger partial charge in [0.2, 0.25) is 0 Å². The second kappa shape index (κ2) is 6.20. The molecule has 2 aromatic heterocycles. The third-order valence-corrected chi connectivity index (χ3v) is 4.14. The van der Waals surface area contributed by atoms with E-state index in [1.165, 1.54) is 0 Å². The van der Waals surface area contributed by atoms with Crippen LogP contribution in [0.4, 0.5) is 0 Å². The Morgan fingerprint density at radius 2 is 1.68 bits per heavy atom. The highest BCUT2D eigenvalue weighted by Crippen LogP contribution is 2.24. The first kappa shape index (κ1) is 15.1. The molecule has 2 heterocycles. The van der Waals surface area contributed by atoms with Gasteiger partial charge in [-0.1, -0.05) is 42.5 Å². The molecule has 0 spiro atoms. The number of carbonyl (C=O) groups is 1. The van der Waals surface area contributed by atoms with E-state index in [-0.39, 0.29) is 5.91 Å². The summed E-state index contributed by atoms with van der Waals surface area (Å²) >= 11 is 0. The summed E-state index contributed by atoms with van der Waals surface area (Å²) in [6, 6.07) is 17.5. The van der Waals surface area contributed by atoms with Crippen LogP contribution in [0, 0.1) is 0 Å². The molecule has 0 atom stereocenters. The smallest absolute Gasteiger partial charge is 0.251 e. The van der Waals surface area contributed by atoms with Crippen molar-refractivity contribution < 1.29 is 4.79 Å². The molecule has 0 saturated carbocycles. The quantitative estimate of drug-likeness (QED) is 0.627. The normalized spacial score (nSPS) is 10.8. The molecule has 0 bridgehead atoms. The maximum atomic E-state index is 11.7. The molecule has 0 fully saturated rings. The minimum absolute atomic E-state index is 0.0970. The maximum Gasteiger partial charge on any atom is 0.251 e. The lowest BCUT2D eigenvalue weighted by atomic mass is 10.1. The van der Waals surface area contributed by atoms with Gasteiger partial charge in [-0.2, -0.15) is 0 Å². The average molecular weight is 328 g/mol. The Balaban J connectivity index is 1.78. The SMILES string of the molecule is CNC(=O)c1ccc(-c2cnc3cnc(-c4ccccc4)cn23)cc1. The Morgan fingerprint density at radius 1 is 0.920 bits per heavy atom. The first-order chi connectivity index (χ1) is 12.3. The fourth-order valence-electron chi connectivity index (χ4n) is 2.80. The van der Waals surface area contributed by atoms with E-state index in [0.717, 1.165) is 28.2 Å². The van der Waals surface area contributed by atoms with E-state index in [4.69, 9.17) is 0 Å². The summed E-state index contributed by atoms with van der Waals surface area (Å²) in [5, 5.41) is 2.63. The molecule has 1 N–H and O–H groups in total. The molecule has 2 aromatic carbocycles. The molecule has 122 valence electrons. The van der Waals surface area contributed by atoms with Crippen LogP contribution >= 0.6 is 0 Å². The molecule has 25 heavy (non-hydrogen) atoms. The van der Waals surface area contributed by atoms with Crippen molar-refractivity contribution in [3.8, 4) is 22.5 Å². The van der Waals surface area contributed by atoms with E-state index in [0.29, 0.717) is 5.56 Å². The van der Waals surface area contributed by atoms with Crippen LogP contribution in [-0.4, -0.2) is 27.3 Å². The summed E-state index contributed by atoms with van der Waals surface area (Å²) in [6.07, 6.45) is 5.57. The van der Waals surface area contributed by atoms with Crippen LogP contribution in [0.15, 0.2) is 73.2 Å². The zero-order chi connectivity index (χ0) is 17.2. The lowest BCUT2D eigenvalue weighted by Crippen LogP contribution is -2.17. The third kappa shape index (κ3) is 2.76. The van der Waals surface area contributed by atoms with Crippen molar-refractivity contribution in [2.75, 3.05) is 7.05 Å². The van der Waals surface area contributed by atoms with E-state index in [1.54, 1.807) is 13.2 Å². The molecule has 0 aliphatic carbocycles. The van der Waals surface area contributed by atoms with Crippen LogP contribution in [0.2, 0.25) is 0 Å². The standard InChI is InChI=1S/C20H16N4O/c1-21-20(25)16-9-7-15(8-10-16)18-11-23-19-12-22-17(13-24(18)19)14-5-3-2-4-6-14/h2-13H,1H3,(H,21,25). The van der Waals surface area contributed by atoms with Gasteiger partial charge in [0.25, 0.3) is 5.91 Å². The predicted molar refractivity (Wildman–Crippen MR) is 97.2 cm³/mol. The highest BCUT2D eigenvalue weighted by molar-refractivity contribution is 5.94. The molecule has 4 rings (SSSR count). The first-order valence-corrected chi connectivity index (χ1v) is 7.97. The molecule has 1 amide bonds. The first-order valence-electron chi connectivity index (χ1n) is 7.97. The Hall–Kier alpha value is -3.47. The van der Waals surface area contributed by atoms with Gasteiger partial charge in [-0.15, -0.1) is 0 Å². The summed E-state index contributed by atoms with van der Waals surface area (Å²) < 4.78 is 2.02. The van der Waals surface area contributed by atoms with Crippen molar-refractivity contribution in [2.45, 2.75) is 0 Å². The van der Waals surface area contributed by atoms with Crippen molar-refractivity contribution in [3.63, 3.8) is 0 Å². The van der Waals surface area contributed by atoms with Crippen LogP contribution in [0.1, 0.15) is 10.4 Å². The van der Waals surface area contributed by atoms with Crippen molar-refractivity contribution in [1.29, 1.82) is 0 Å². The highest BCUT2D eigenvalue weighted by Gasteiger charge is 2.09. The lowest BCUT2D eigenvalue weighted by Gasteiger charge is -2.06. The molecule has 5 heteroatoms. The number of benzene rings is 2. The van der Waals surface area contributed by atoms with Gasteiger partial charge in [0, 0.05) is 29.9 Å². The van der Waals surface area contributed by atoms with Crippen LogP contribution in [0.5, 0.6) is 0 Å². The van der Waals surface area contributed by atoms with Gasteiger partial charge >= 0.3 is 0 Å².